The van der Waals surface area contributed by atoms with Gasteiger partial charge in [-0.3, -0.25) is 14.0 Å². The minimum absolute atomic E-state index is 0.310. The molecule has 2 aromatic heterocycles. The van der Waals surface area contributed by atoms with Crippen molar-refractivity contribution in [3.8, 4) is 0 Å². The number of carbonyl (C=O) groups is 2. The second kappa shape index (κ2) is 6.17. The second-order valence-electron chi connectivity index (χ2n) is 4.79. The number of hydrogen-bond acceptors (Lipinski definition) is 4. The first-order chi connectivity index (χ1) is 9.95. The lowest BCUT2D eigenvalue weighted by molar-refractivity contribution is -0.141. The number of fused-ring (bicyclic) bond motifs is 1. The first-order valence-corrected chi connectivity index (χ1v) is 7.73. The second-order valence-corrected chi connectivity index (χ2v) is 5.57. The largest absolute Gasteiger partial charge is 0.481 e. The zero-order chi connectivity index (χ0) is 15.6. The van der Waals surface area contributed by atoms with Gasteiger partial charge in [0, 0.05) is 12.2 Å². The lowest BCUT2D eigenvalue weighted by Gasteiger charge is -2.17. The van der Waals surface area contributed by atoms with Gasteiger partial charge in [-0.05, 0) is 32.2 Å². The minimum Gasteiger partial charge on any atom is -0.481 e. The van der Waals surface area contributed by atoms with Gasteiger partial charge in [-0.2, -0.15) is 0 Å². The van der Waals surface area contributed by atoms with Crippen molar-refractivity contribution in [1.29, 1.82) is 0 Å². The Morgan fingerprint density at radius 2 is 2.10 bits per heavy atom. The van der Waals surface area contributed by atoms with Crippen molar-refractivity contribution in [1.82, 2.24) is 14.7 Å². The molecule has 0 radical (unpaired) electrons. The molecule has 0 aliphatic rings. The van der Waals surface area contributed by atoms with Crippen LogP contribution in [0.4, 0.5) is 0 Å². The molecule has 2 aromatic rings. The van der Waals surface area contributed by atoms with Crippen LogP contribution >= 0.6 is 11.8 Å². The molecule has 2 unspecified atom stereocenters. The van der Waals surface area contributed by atoms with E-state index in [9.17, 15) is 9.59 Å². The number of amides is 1. The summed E-state index contributed by atoms with van der Waals surface area (Å²) < 4.78 is 1.84. The van der Waals surface area contributed by atoms with Gasteiger partial charge >= 0.3 is 5.97 Å². The lowest BCUT2D eigenvalue weighted by Crippen LogP contribution is -2.40. The standard InChI is InChI=1S/C14H17N3O3S/c1-8(13(19)20)9(2)15-12(18)11-10-6-4-5-7-17(10)14(16-11)21-3/h4-9H,1-3H3,(H,15,18)(H,19,20). The van der Waals surface area contributed by atoms with Crippen molar-refractivity contribution in [3.63, 3.8) is 0 Å². The van der Waals surface area contributed by atoms with E-state index < -0.39 is 17.9 Å². The Bertz CT molecular complexity index is 683. The van der Waals surface area contributed by atoms with E-state index in [2.05, 4.69) is 10.3 Å². The Balaban J connectivity index is 2.30. The average molecular weight is 307 g/mol. The van der Waals surface area contributed by atoms with E-state index in [1.54, 1.807) is 13.8 Å². The van der Waals surface area contributed by atoms with E-state index in [0.29, 0.717) is 11.2 Å². The molecule has 2 atom stereocenters. The summed E-state index contributed by atoms with van der Waals surface area (Å²) >= 11 is 1.44. The van der Waals surface area contributed by atoms with Crippen LogP contribution in [0.15, 0.2) is 29.6 Å². The van der Waals surface area contributed by atoms with Crippen LogP contribution in [0.25, 0.3) is 5.52 Å². The Morgan fingerprint density at radius 1 is 1.38 bits per heavy atom. The van der Waals surface area contributed by atoms with Crippen LogP contribution in [-0.4, -0.2) is 38.7 Å². The number of aliphatic carboxylic acids is 1. The van der Waals surface area contributed by atoms with Crippen molar-refractivity contribution in [3.05, 3.63) is 30.1 Å². The number of carbonyl (C=O) groups excluding carboxylic acids is 1. The number of carboxylic acids is 1. The van der Waals surface area contributed by atoms with Gasteiger partial charge in [0.1, 0.15) is 0 Å². The quantitative estimate of drug-likeness (QED) is 0.824. The fraction of sp³-hybridized carbons (Fsp3) is 0.357. The monoisotopic (exact) mass is 307 g/mol. The van der Waals surface area contributed by atoms with Gasteiger partial charge in [0.15, 0.2) is 10.9 Å². The van der Waals surface area contributed by atoms with Crippen LogP contribution in [0.1, 0.15) is 24.3 Å². The van der Waals surface area contributed by atoms with Gasteiger partial charge in [0.25, 0.3) is 5.91 Å². The Kier molecular flexibility index (Phi) is 4.52. The molecular weight excluding hydrogens is 290 g/mol. The van der Waals surface area contributed by atoms with Gasteiger partial charge in [0.2, 0.25) is 0 Å². The molecule has 2 heterocycles. The molecule has 7 heteroatoms. The molecule has 2 rings (SSSR count). The Labute approximate surface area is 126 Å². The van der Waals surface area contributed by atoms with Crippen molar-refractivity contribution < 1.29 is 14.7 Å². The minimum atomic E-state index is -0.942. The molecule has 0 bridgehead atoms. The van der Waals surface area contributed by atoms with Crippen LogP contribution in [0.5, 0.6) is 0 Å². The highest BCUT2D eigenvalue weighted by Crippen LogP contribution is 2.20. The molecule has 0 aromatic carbocycles. The predicted molar refractivity (Wildman–Crippen MR) is 80.7 cm³/mol. The van der Waals surface area contributed by atoms with E-state index in [-0.39, 0.29) is 5.91 Å². The highest BCUT2D eigenvalue weighted by molar-refractivity contribution is 7.98. The molecule has 0 aliphatic heterocycles. The summed E-state index contributed by atoms with van der Waals surface area (Å²) in [4.78, 5) is 27.6. The molecule has 0 saturated carbocycles. The molecule has 2 N–H and O–H groups in total. The smallest absolute Gasteiger partial charge is 0.308 e. The van der Waals surface area contributed by atoms with E-state index in [1.807, 2.05) is 35.1 Å². The predicted octanol–water partition coefficient (Wildman–Crippen LogP) is 1.90. The number of hydrogen-bond donors (Lipinski definition) is 2. The van der Waals surface area contributed by atoms with Crippen molar-refractivity contribution in [2.75, 3.05) is 6.26 Å². The summed E-state index contributed by atoms with van der Waals surface area (Å²) in [7, 11) is 0. The normalized spacial score (nSPS) is 13.9. The van der Waals surface area contributed by atoms with E-state index >= 15 is 0 Å². The topological polar surface area (TPSA) is 83.7 Å². The number of nitrogens with one attached hydrogen (secondary N) is 1. The highest BCUT2D eigenvalue weighted by atomic mass is 32.2. The third-order valence-electron chi connectivity index (χ3n) is 3.41. The number of rotatable bonds is 5. The molecule has 0 saturated heterocycles. The average Bonchev–Trinajstić information content (AvgIpc) is 2.85. The van der Waals surface area contributed by atoms with Crippen molar-refractivity contribution in [2.45, 2.75) is 25.0 Å². The Hall–Kier alpha value is -2.02. The summed E-state index contributed by atoms with van der Waals surface area (Å²) in [6, 6.07) is 5.03. The van der Waals surface area contributed by atoms with Gasteiger partial charge in [-0.1, -0.05) is 17.8 Å². The first-order valence-electron chi connectivity index (χ1n) is 6.50. The SMILES string of the molecule is CSc1nc(C(=O)NC(C)C(C)C(=O)O)c2ccccn12. The lowest BCUT2D eigenvalue weighted by atomic mass is 10.0. The fourth-order valence-electron chi connectivity index (χ4n) is 1.93. The number of nitrogens with zero attached hydrogens (tertiary/aromatic N) is 2. The summed E-state index contributed by atoms with van der Waals surface area (Å²) in [5.41, 5.74) is 1.01. The summed E-state index contributed by atoms with van der Waals surface area (Å²) in [5, 5.41) is 12.4. The number of aromatic nitrogens is 2. The van der Waals surface area contributed by atoms with E-state index in [0.717, 1.165) is 5.16 Å². The van der Waals surface area contributed by atoms with Gasteiger partial charge in [-0.15, -0.1) is 0 Å². The van der Waals surface area contributed by atoms with Crippen LogP contribution in [0.3, 0.4) is 0 Å². The van der Waals surface area contributed by atoms with Gasteiger partial charge in [0.05, 0.1) is 11.4 Å². The number of pyridine rings is 1. The maximum atomic E-state index is 12.3. The van der Waals surface area contributed by atoms with Crippen LogP contribution < -0.4 is 5.32 Å². The molecular formula is C14H17N3O3S. The summed E-state index contributed by atoms with van der Waals surface area (Å²) in [6.07, 6.45) is 3.73. The zero-order valence-electron chi connectivity index (χ0n) is 12.0. The highest BCUT2D eigenvalue weighted by Gasteiger charge is 2.24. The Morgan fingerprint density at radius 3 is 2.71 bits per heavy atom. The van der Waals surface area contributed by atoms with Crippen molar-refractivity contribution in [2.24, 2.45) is 5.92 Å². The summed E-state index contributed by atoms with van der Waals surface area (Å²) in [5.74, 6) is -1.97. The summed E-state index contributed by atoms with van der Waals surface area (Å²) in [6.45, 7) is 3.23. The van der Waals surface area contributed by atoms with Crippen LogP contribution in [0.2, 0.25) is 0 Å². The maximum Gasteiger partial charge on any atom is 0.308 e. The van der Waals surface area contributed by atoms with E-state index in [4.69, 9.17) is 5.11 Å². The molecule has 21 heavy (non-hydrogen) atoms. The van der Waals surface area contributed by atoms with Crippen LogP contribution in [0, 0.1) is 5.92 Å². The van der Waals surface area contributed by atoms with Gasteiger partial charge in [-0.25, -0.2) is 4.98 Å². The molecule has 0 fully saturated rings. The number of carboxylic acid groups (broad SMARTS) is 1. The third kappa shape index (κ3) is 3.02. The third-order valence-corrected chi connectivity index (χ3v) is 4.07. The molecule has 0 spiro atoms. The van der Waals surface area contributed by atoms with Gasteiger partial charge < -0.3 is 10.4 Å². The maximum absolute atomic E-state index is 12.3. The molecule has 6 nitrogen and oxygen atoms in total. The first kappa shape index (κ1) is 15.4. The number of imidazole rings is 1. The van der Waals surface area contributed by atoms with Crippen molar-refractivity contribution >= 4 is 29.2 Å². The molecule has 0 aliphatic carbocycles. The number of thioether (sulfide) groups is 1. The molecule has 112 valence electrons. The van der Waals surface area contributed by atoms with Crippen LogP contribution in [-0.2, 0) is 4.79 Å². The zero-order valence-corrected chi connectivity index (χ0v) is 12.8. The fourth-order valence-corrected chi connectivity index (χ4v) is 2.47. The molecule has 1 amide bonds. The van der Waals surface area contributed by atoms with E-state index in [1.165, 1.54) is 11.8 Å².